The molecule has 0 aliphatic heterocycles. The van der Waals surface area contributed by atoms with Crippen LogP contribution in [0.3, 0.4) is 0 Å². The highest BCUT2D eigenvalue weighted by molar-refractivity contribution is 5.60. The van der Waals surface area contributed by atoms with E-state index in [2.05, 4.69) is 34.5 Å². The number of hydrogen-bond donors (Lipinski definition) is 1. The summed E-state index contributed by atoms with van der Waals surface area (Å²) < 4.78 is 0. The predicted molar refractivity (Wildman–Crippen MR) is 74.6 cm³/mol. The van der Waals surface area contributed by atoms with Gasteiger partial charge < -0.3 is 10.6 Å². The lowest BCUT2D eigenvalue weighted by molar-refractivity contribution is 0.963. The Hall–Kier alpha value is -1.94. The van der Waals surface area contributed by atoms with Crippen molar-refractivity contribution in [3.8, 4) is 11.3 Å². The Morgan fingerprint density at radius 3 is 2.22 bits per heavy atom. The largest absolute Gasteiger partial charge is 0.361 e. The molecule has 0 aliphatic carbocycles. The van der Waals surface area contributed by atoms with Gasteiger partial charge in [0.05, 0.1) is 5.69 Å². The van der Waals surface area contributed by atoms with Crippen LogP contribution in [0.15, 0.2) is 36.4 Å². The molecule has 0 saturated carbocycles. The molecular weight excluding hydrogens is 224 g/mol. The summed E-state index contributed by atoms with van der Waals surface area (Å²) in [7, 11) is 3.90. The van der Waals surface area contributed by atoms with Crippen LogP contribution >= 0.6 is 0 Å². The van der Waals surface area contributed by atoms with E-state index in [0.29, 0.717) is 6.54 Å². The van der Waals surface area contributed by atoms with Crippen molar-refractivity contribution in [2.24, 2.45) is 5.73 Å². The van der Waals surface area contributed by atoms with Gasteiger partial charge in [0.15, 0.2) is 5.82 Å². The molecule has 4 nitrogen and oxygen atoms in total. The Balaban J connectivity index is 2.20. The monoisotopic (exact) mass is 242 g/mol. The van der Waals surface area contributed by atoms with Crippen LogP contribution in [0.2, 0.25) is 0 Å². The average Bonchev–Trinajstić information content (AvgIpc) is 2.40. The second-order valence-electron chi connectivity index (χ2n) is 4.41. The molecule has 0 saturated heterocycles. The maximum Gasteiger partial charge on any atom is 0.150 e. The molecule has 0 bridgehead atoms. The molecule has 18 heavy (non-hydrogen) atoms. The molecule has 0 amide bonds. The molecule has 0 spiro atoms. The summed E-state index contributed by atoms with van der Waals surface area (Å²) in [5.74, 6) is 0.860. The summed E-state index contributed by atoms with van der Waals surface area (Å²) in [5, 5.41) is 8.40. The third-order valence-corrected chi connectivity index (χ3v) is 2.79. The number of hydrogen-bond acceptors (Lipinski definition) is 4. The second-order valence-corrected chi connectivity index (χ2v) is 4.41. The fourth-order valence-electron chi connectivity index (χ4n) is 1.73. The number of nitrogens with zero attached hydrogens (tertiary/aromatic N) is 3. The van der Waals surface area contributed by atoms with Gasteiger partial charge in [-0.1, -0.05) is 24.3 Å². The first-order chi connectivity index (χ1) is 8.70. The Kier molecular flexibility index (Phi) is 3.89. The van der Waals surface area contributed by atoms with Crippen molar-refractivity contribution in [1.82, 2.24) is 10.2 Å². The lowest BCUT2D eigenvalue weighted by atomic mass is 10.1. The molecule has 0 atom stereocenters. The second kappa shape index (κ2) is 5.60. The van der Waals surface area contributed by atoms with Crippen LogP contribution in [0.25, 0.3) is 11.3 Å². The minimum atomic E-state index is 0.677. The van der Waals surface area contributed by atoms with E-state index >= 15 is 0 Å². The highest BCUT2D eigenvalue weighted by Crippen LogP contribution is 2.18. The minimum absolute atomic E-state index is 0.677. The van der Waals surface area contributed by atoms with E-state index in [4.69, 9.17) is 5.73 Å². The van der Waals surface area contributed by atoms with Crippen molar-refractivity contribution >= 4 is 5.82 Å². The van der Waals surface area contributed by atoms with E-state index < -0.39 is 0 Å². The lowest BCUT2D eigenvalue weighted by Crippen LogP contribution is -2.11. The smallest absolute Gasteiger partial charge is 0.150 e. The van der Waals surface area contributed by atoms with Gasteiger partial charge >= 0.3 is 0 Å². The van der Waals surface area contributed by atoms with E-state index in [0.717, 1.165) is 23.5 Å². The number of anilines is 1. The SMILES string of the molecule is CN(C)c1ccc(-c2ccc(CCN)cc2)nn1. The minimum Gasteiger partial charge on any atom is -0.361 e. The third-order valence-electron chi connectivity index (χ3n) is 2.79. The van der Waals surface area contributed by atoms with Gasteiger partial charge in [-0.05, 0) is 30.7 Å². The first-order valence-electron chi connectivity index (χ1n) is 6.01. The highest BCUT2D eigenvalue weighted by Gasteiger charge is 2.02. The van der Waals surface area contributed by atoms with E-state index in [9.17, 15) is 0 Å². The average molecular weight is 242 g/mol. The van der Waals surface area contributed by atoms with Gasteiger partial charge in [0.1, 0.15) is 0 Å². The molecule has 1 aromatic heterocycles. The van der Waals surface area contributed by atoms with Crippen molar-refractivity contribution in [3.05, 3.63) is 42.0 Å². The first kappa shape index (κ1) is 12.5. The zero-order valence-electron chi connectivity index (χ0n) is 10.8. The normalized spacial score (nSPS) is 10.4. The van der Waals surface area contributed by atoms with Crippen molar-refractivity contribution in [2.45, 2.75) is 6.42 Å². The molecule has 94 valence electrons. The molecule has 1 aromatic carbocycles. The number of aromatic nitrogens is 2. The van der Waals surface area contributed by atoms with Crippen LogP contribution in [0.5, 0.6) is 0 Å². The van der Waals surface area contributed by atoms with Crippen LogP contribution in [0.1, 0.15) is 5.56 Å². The maximum atomic E-state index is 5.53. The number of benzene rings is 1. The van der Waals surface area contributed by atoms with Crippen LogP contribution in [0.4, 0.5) is 5.82 Å². The first-order valence-corrected chi connectivity index (χ1v) is 6.01. The van der Waals surface area contributed by atoms with Crippen LogP contribution in [-0.4, -0.2) is 30.8 Å². The van der Waals surface area contributed by atoms with Gasteiger partial charge in [-0.3, -0.25) is 0 Å². The predicted octanol–water partition coefficient (Wildman–Crippen LogP) is 1.71. The van der Waals surface area contributed by atoms with Gasteiger partial charge in [-0.15, -0.1) is 10.2 Å². The topological polar surface area (TPSA) is 55.0 Å². The molecular formula is C14H18N4. The summed E-state index contributed by atoms with van der Waals surface area (Å²) in [6.45, 7) is 0.677. The molecule has 2 aromatic rings. The molecule has 0 unspecified atom stereocenters. The Labute approximate surface area is 107 Å². The van der Waals surface area contributed by atoms with Crippen molar-refractivity contribution in [3.63, 3.8) is 0 Å². The van der Waals surface area contributed by atoms with Gasteiger partial charge in [-0.2, -0.15) is 0 Å². The Morgan fingerprint density at radius 1 is 1.00 bits per heavy atom. The summed E-state index contributed by atoms with van der Waals surface area (Å²) in [4.78, 5) is 1.93. The Bertz CT molecular complexity index is 488. The van der Waals surface area contributed by atoms with E-state index in [1.165, 1.54) is 5.56 Å². The zero-order chi connectivity index (χ0) is 13.0. The van der Waals surface area contributed by atoms with E-state index in [-0.39, 0.29) is 0 Å². The van der Waals surface area contributed by atoms with E-state index in [1.807, 2.05) is 31.1 Å². The quantitative estimate of drug-likeness (QED) is 0.886. The molecule has 1 heterocycles. The van der Waals surface area contributed by atoms with Crippen LogP contribution in [0, 0.1) is 0 Å². The fraction of sp³-hybridized carbons (Fsp3) is 0.286. The molecule has 0 radical (unpaired) electrons. The summed E-state index contributed by atoms with van der Waals surface area (Å²) in [5.41, 5.74) is 8.74. The molecule has 2 rings (SSSR count). The number of nitrogens with two attached hydrogens (primary N) is 1. The maximum absolute atomic E-state index is 5.53. The lowest BCUT2D eigenvalue weighted by Gasteiger charge is -2.10. The van der Waals surface area contributed by atoms with E-state index in [1.54, 1.807) is 0 Å². The van der Waals surface area contributed by atoms with Crippen LogP contribution < -0.4 is 10.6 Å². The highest BCUT2D eigenvalue weighted by atomic mass is 15.2. The standard InChI is InChI=1S/C14H18N4/c1-18(2)14-8-7-13(16-17-14)12-5-3-11(4-6-12)9-10-15/h3-8H,9-10,15H2,1-2H3. The zero-order valence-corrected chi connectivity index (χ0v) is 10.8. The Morgan fingerprint density at radius 2 is 1.72 bits per heavy atom. The fourth-order valence-corrected chi connectivity index (χ4v) is 1.73. The van der Waals surface area contributed by atoms with Gasteiger partial charge in [0.25, 0.3) is 0 Å². The molecule has 2 N–H and O–H groups in total. The third kappa shape index (κ3) is 2.84. The molecule has 0 aliphatic rings. The van der Waals surface area contributed by atoms with Crippen molar-refractivity contribution in [2.75, 3.05) is 25.5 Å². The number of rotatable bonds is 4. The summed E-state index contributed by atoms with van der Waals surface area (Å²) in [6, 6.07) is 12.2. The molecule has 0 fully saturated rings. The van der Waals surface area contributed by atoms with Crippen molar-refractivity contribution < 1.29 is 0 Å². The van der Waals surface area contributed by atoms with Crippen molar-refractivity contribution in [1.29, 1.82) is 0 Å². The van der Waals surface area contributed by atoms with Gasteiger partial charge in [0.2, 0.25) is 0 Å². The summed E-state index contributed by atoms with van der Waals surface area (Å²) >= 11 is 0. The summed E-state index contributed by atoms with van der Waals surface area (Å²) in [6.07, 6.45) is 0.908. The van der Waals surface area contributed by atoms with Gasteiger partial charge in [0, 0.05) is 19.7 Å². The molecule has 4 heteroatoms. The van der Waals surface area contributed by atoms with Gasteiger partial charge in [-0.25, -0.2) is 0 Å². The van der Waals surface area contributed by atoms with Crippen LogP contribution in [-0.2, 0) is 6.42 Å².